The van der Waals surface area contributed by atoms with Crippen LogP contribution in [0.5, 0.6) is 5.75 Å². The maximum absolute atomic E-state index is 13.2. The molecule has 0 heterocycles. The summed E-state index contributed by atoms with van der Waals surface area (Å²) < 4.78 is 19.9. The Kier molecular flexibility index (Phi) is 5.37. The minimum Gasteiger partial charge on any atom is -0.488 e. The van der Waals surface area contributed by atoms with Crippen LogP contribution in [-0.2, 0) is 13.0 Å². The molecule has 0 radical (unpaired) electrons. The van der Waals surface area contributed by atoms with Crippen LogP contribution >= 0.6 is 15.9 Å². The molecule has 4 heteroatoms. The van der Waals surface area contributed by atoms with Crippen molar-refractivity contribution in [3.63, 3.8) is 0 Å². The van der Waals surface area contributed by atoms with E-state index in [1.807, 2.05) is 32.0 Å². The number of ether oxygens (including phenoxy) is 1. The molecule has 0 aromatic heterocycles. The summed E-state index contributed by atoms with van der Waals surface area (Å²) in [5, 5.41) is 0. The van der Waals surface area contributed by atoms with Crippen LogP contribution in [-0.4, -0.2) is 6.04 Å². The summed E-state index contributed by atoms with van der Waals surface area (Å²) in [5.74, 6) is 0.498. The largest absolute Gasteiger partial charge is 0.488 e. The van der Waals surface area contributed by atoms with E-state index in [1.165, 1.54) is 12.1 Å². The molecule has 0 fully saturated rings. The standard InChI is InChI=1S/C17H19BrFNO/c1-11-3-5-15(19)9-14(11)10-21-17-6-4-13(7-12(2)20)8-16(17)18/h3-6,8-9,12H,7,10,20H2,1-2H3. The van der Waals surface area contributed by atoms with Crippen LogP contribution in [0.15, 0.2) is 40.9 Å². The molecule has 0 aliphatic heterocycles. The lowest BCUT2D eigenvalue weighted by atomic mass is 10.1. The quantitative estimate of drug-likeness (QED) is 0.868. The number of rotatable bonds is 5. The smallest absolute Gasteiger partial charge is 0.134 e. The van der Waals surface area contributed by atoms with Gasteiger partial charge in [-0.15, -0.1) is 0 Å². The molecule has 112 valence electrons. The first-order valence-corrected chi connectivity index (χ1v) is 7.67. The summed E-state index contributed by atoms with van der Waals surface area (Å²) in [5.41, 5.74) is 8.82. The number of halogens is 2. The van der Waals surface area contributed by atoms with Gasteiger partial charge in [-0.3, -0.25) is 0 Å². The first-order chi connectivity index (χ1) is 9.95. The van der Waals surface area contributed by atoms with Crippen LogP contribution in [0, 0.1) is 12.7 Å². The van der Waals surface area contributed by atoms with E-state index in [1.54, 1.807) is 6.07 Å². The lowest BCUT2D eigenvalue weighted by Gasteiger charge is -2.12. The monoisotopic (exact) mass is 351 g/mol. The Balaban J connectivity index is 2.08. The van der Waals surface area contributed by atoms with Crippen molar-refractivity contribution in [2.75, 3.05) is 0 Å². The van der Waals surface area contributed by atoms with E-state index in [0.717, 1.165) is 33.3 Å². The summed E-state index contributed by atoms with van der Waals surface area (Å²) >= 11 is 3.50. The van der Waals surface area contributed by atoms with Crippen molar-refractivity contribution < 1.29 is 9.13 Å². The zero-order chi connectivity index (χ0) is 15.4. The average molecular weight is 352 g/mol. The Bertz CT molecular complexity index is 628. The molecule has 1 atom stereocenters. The van der Waals surface area contributed by atoms with Crippen molar-refractivity contribution in [2.24, 2.45) is 5.73 Å². The predicted molar refractivity (Wildman–Crippen MR) is 87.0 cm³/mol. The highest BCUT2D eigenvalue weighted by Gasteiger charge is 2.06. The van der Waals surface area contributed by atoms with Gasteiger partial charge in [-0.2, -0.15) is 0 Å². The van der Waals surface area contributed by atoms with Gasteiger partial charge in [-0.05, 0) is 77.2 Å². The average Bonchev–Trinajstić information content (AvgIpc) is 2.41. The van der Waals surface area contributed by atoms with E-state index in [4.69, 9.17) is 10.5 Å². The summed E-state index contributed by atoms with van der Waals surface area (Å²) in [7, 11) is 0. The van der Waals surface area contributed by atoms with E-state index in [2.05, 4.69) is 15.9 Å². The molecule has 2 N–H and O–H groups in total. The van der Waals surface area contributed by atoms with E-state index in [-0.39, 0.29) is 11.9 Å². The van der Waals surface area contributed by atoms with Gasteiger partial charge in [0.25, 0.3) is 0 Å². The molecular weight excluding hydrogens is 333 g/mol. The maximum Gasteiger partial charge on any atom is 0.134 e. The fourth-order valence-corrected chi connectivity index (χ4v) is 2.65. The molecule has 0 saturated carbocycles. The highest BCUT2D eigenvalue weighted by atomic mass is 79.9. The van der Waals surface area contributed by atoms with E-state index in [9.17, 15) is 4.39 Å². The van der Waals surface area contributed by atoms with Gasteiger partial charge in [-0.25, -0.2) is 4.39 Å². The summed E-state index contributed by atoms with van der Waals surface area (Å²) in [6, 6.07) is 10.8. The van der Waals surface area contributed by atoms with Gasteiger partial charge >= 0.3 is 0 Å². The second kappa shape index (κ2) is 7.05. The fourth-order valence-electron chi connectivity index (χ4n) is 2.11. The molecule has 0 bridgehead atoms. The Hall–Kier alpha value is -1.39. The van der Waals surface area contributed by atoms with Crippen molar-refractivity contribution in [2.45, 2.75) is 32.9 Å². The Morgan fingerprint density at radius 3 is 2.67 bits per heavy atom. The number of aryl methyl sites for hydroxylation is 1. The van der Waals surface area contributed by atoms with Crippen LogP contribution in [0.4, 0.5) is 4.39 Å². The molecule has 2 nitrogen and oxygen atoms in total. The molecule has 0 aliphatic carbocycles. The minimum absolute atomic E-state index is 0.124. The number of hydrogen-bond donors (Lipinski definition) is 1. The van der Waals surface area contributed by atoms with Gasteiger partial charge in [-0.1, -0.05) is 12.1 Å². The second-order valence-electron chi connectivity index (χ2n) is 5.31. The lowest BCUT2D eigenvalue weighted by molar-refractivity contribution is 0.302. The molecule has 0 amide bonds. The van der Waals surface area contributed by atoms with Gasteiger partial charge in [0.2, 0.25) is 0 Å². The summed E-state index contributed by atoms with van der Waals surface area (Å²) in [6.07, 6.45) is 0.821. The Morgan fingerprint density at radius 2 is 2.00 bits per heavy atom. The summed E-state index contributed by atoms with van der Waals surface area (Å²) in [4.78, 5) is 0. The van der Waals surface area contributed by atoms with Gasteiger partial charge in [0, 0.05) is 6.04 Å². The van der Waals surface area contributed by atoms with E-state index < -0.39 is 0 Å². The van der Waals surface area contributed by atoms with Crippen molar-refractivity contribution in [1.82, 2.24) is 0 Å². The van der Waals surface area contributed by atoms with Crippen molar-refractivity contribution >= 4 is 15.9 Å². The summed E-state index contributed by atoms with van der Waals surface area (Å²) in [6.45, 7) is 4.26. The zero-order valence-electron chi connectivity index (χ0n) is 12.2. The number of benzene rings is 2. The van der Waals surface area contributed by atoms with Gasteiger partial charge in [0.1, 0.15) is 18.2 Å². The molecule has 21 heavy (non-hydrogen) atoms. The van der Waals surface area contributed by atoms with Crippen LogP contribution in [0.3, 0.4) is 0 Å². The number of hydrogen-bond acceptors (Lipinski definition) is 2. The fraction of sp³-hybridized carbons (Fsp3) is 0.294. The van der Waals surface area contributed by atoms with Crippen LogP contribution < -0.4 is 10.5 Å². The van der Waals surface area contributed by atoms with E-state index in [0.29, 0.717) is 6.61 Å². The molecule has 2 rings (SSSR count). The van der Waals surface area contributed by atoms with Crippen molar-refractivity contribution in [1.29, 1.82) is 0 Å². The Labute approximate surface area is 133 Å². The second-order valence-corrected chi connectivity index (χ2v) is 6.16. The van der Waals surface area contributed by atoms with Gasteiger partial charge in [0.05, 0.1) is 4.47 Å². The van der Waals surface area contributed by atoms with Crippen LogP contribution in [0.2, 0.25) is 0 Å². The normalized spacial score (nSPS) is 12.2. The molecule has 2 aromatic rings. The number of nitrogens with two attached hydrogens (primary N) is 1. The van der Waals surface area contributed by atoms with Crippen molar-refractivity contribution in [3.05, 3.63) is 63.4 Å². The predicted octanol–water partition coefficient (Wildman–Crippen LogP) is 4.37. The van der Waals surface area contributed by atoms with Crippen LogP contribution in [0.1, 0.15) is 23.6 Å². The van der Waals surface area contributed by atoms with Crippen LogP contribution in [0.25, 0.3) is 0 Å². The molecular formula is C17H19BrFNO. The van der Waals surface area contributed by atoms with Crippen molar-refractivity contribution in [3.8, 4) is 5.75 Å². The molecule has 2 aromatic carbocycles. The highest BCUT2D eigenvalue weighted by Crippen LogP contribution is 2.27. The third-order valence-corrected chi connectivity index (χ3v) is 3.87. The Morgan fingerprint density at radius 1 is 1.24 bits per heavy atom. The molecule has 0 aliphatic rings. The SMILES string of the molecule is Cc1ccc(F)cc1COc1ccc(CC(C)N)cc1Br. The van der Waals surface area contributed by atoms with Gasteiger partial charge in [0.15, 0.2) is 0 Å². The third-order valence-electron chi connectivity index (χ3n) is 3.25. The molecule has 1 unspecified atom stereocenters. The first-order valence-electron chi connectivity index (χ1n) is 6.87. The minimum atomic E-state index is -0.245. The molecule has 0 spiro atoms. The molecule has 0 saturated heterocycles. The first kappa shape index (κ1) is 16.0. The lowest BCUT2D eigenvalue weighted by Crippen LogP contribution is -2.17. The third kappa shape index (κ3) is 4.55. The maximum atomic E-state index is 13.2. The topological polar surface area (TPSA) is 35.2 Å². The highest BCUT2D eigenvalue weighted by molar-refractivity contribution is 9.10. The zero-order valence-corrected chi connectivity index (χ0v) is 13.8. The van der Waals surface area contributed by atoms with Gasteiger partial charge < -0.3 is 10.5 Å². The van der Waals surface area contributed by atoms with E-state index >= 15 is 0 Å².